The summed E-state index contributed by atoms with van der Waals surface area (Å²) in [5.41, 5.74) is -0.726. The zero-order chi connectivity index (χ0) is 10.9. The lowest BCUT2D eigenvalue weighted by Gasteiger charge is -2.22. The average Bonchev–Trinajstić information content (AvgIpc) is 2.28. The number of urea groups is 1. The highest BCUT2D eigenvalue weighted by atomic mass is 16.2. The van der Waals surface area contributed by atoms with Crippen LogP contribution in [0.15, 0.2) is 0 Å². The van der Waals surface area contributed by atoms with Crippen LogP contribution in [-0.2, 0) is 4.79 Å². The second kappa shape index (κ2) is 3.57. The summed E-state index contributed by atoms with van der Waals surface area (Å²) in [6, 6.07) is -0.309. The molecule has 1 aliphatic rings. The van der Waals surface area contributed by atoms with Crippen LogP contribution in [0.4, 0.5) is 4.79 Å². The van der Waals surface area contributed by atoms with Crippen LogP contribution in [0.2, 0.25) is 0 Å². The number of nitrogens with one attached hydrogen (secondary N) is 1. The van der Waals surface area contributed by atoms with Crippen molar-refractivity contribution < 1.29 is 9.59 Å². The molecule has 1 aliphatic heterocycles. The van der Waals surface area contributed by atoms with Gasteiger partial charge in [0.1, 0.15) is 5.54 Å². The Morgan fingerprint density at radius 1 is 1.43 bits per heavy atom. The molecule has 0 radical (unpaired) electrons. The van der Waals surface area contributed by atoms with E-state index in [9.17, 15) is 9.59 Å². The maximum Gasteiger partial charge on any atom is 0.324 e. The fourth-order valence-corrected chi connectivity index (χ4v) is 1.45. The molecule has 14 heavy (non-hydrogen) atoms. The second-order valence-electron chi connectivity index (χ2n) is 4.18. The van der Waals surface area contributed by atoms with Gasteiger partial charge in [-0.05, 0) is 27.4 Å². The standard InChI is InChI=1S/C9H17N3O2/c1-9(5-6-11(2)3)7(13)12(4)8(14)10-9/h5-6H2,1-4H3,(H,10,14)/t9-/m1/s1. The molecule has 0 aliphatic carbocycles. The molecule has 0 saturated carbocycles. The van der Waals surface area contributed by atoms with Crippen LogP contribution in [-0.4, -0.2) is 55.0 Å². The fourth-order valence-electron chi connectivity index (χ4n) is 1.45. The first-order valence-corrected chi connectivity index (χ1v) is 4.62. The van der Waals surface area contributed by atoms with E-state index in [0.717, 1.165) is 11.4 Å². The van der Waals surface area contributed by atoms with Crippen molar-refractivity contribution in [3.63, 3.8) is 0 Å². The normalized spacial score (nSPS) is 27.4. The molecule has 0 unspecified atom stereocenters. The number of carbonyl (C=O) groups excluding carboxylic acids is 2. The van der Waals surface area contributed by atoms with Gasteiger partial charge in [0, 0.05) is 13.6 Å². The second-order valence-corrected chi connectivity index (χ2v) is 4.18. The molecule has 1 atom stereocenters. The van der Waals surface area contributed by atoms with E-state index in [1.165, 1.54) is 7.05 Å². The number of carbonyl (C=O) groups is 2. The predicted molar refractivity (Wildman–Crippen MR) is 52.9 cm³/mol. The van der Waals surface area contributed by atoms with Gasteiger partial charge in [-0.2, -0.15) is 0 Å². The Morgan fingerprint density at radius 3 is 2.36 bits per heavy atom. The Kier molecular flexibility index (Phi) is 2.80. The molecular weight excluding hydrogens is 182 g/mol. The van der Waals surface area contributed by atoms with Gasteiger partial charge >= 0.3 is 6.03 Å². The summed E-state index contributed by atoms with van der Waals surface area (Å²) < 4.78 is 0. The first-order chi connectivity index (χ1) is 6.37. The van der Waals surface area contributed by atoms with Gasteiger partial charge in [0.15, 0.2) is 0 Å². The van der Waals surface area contributed by atoms with Crippen LogP contribution in [0, 0.1) is 0 Å². The van der Waals surface area contributed by atoms with Gasteiger partial charge in [0.05, 0.1) is 0 Å². The Balaban J connectivity index is 2.66. The molecule has 1 fully saturated rings. The maximum atomic E-state index is 11.7. The third kappa shape index (κ3) is 1.87. The van der Waals surface area contributed by atoms with E-state index in [1.54, 1.807) is 6.92 Å². The minimum atomic E-state index is -0.726. The summed E-state index contributed by atoms with van der Waals surface area (Å²) in [5, 5.41) is 2.70. The van der Waals surface area contributed by atoms with Crippen LogP contribution >= 0.6 is 0 Å². The number of hydrogen-bond acceptors (Lipinski definition) is 3. The largest absolute Gasteiger partial charge is 0.324 e. The highest BCUT2D eigenvalue weighted by molar-refractivity contribution is 6.06. The molecule has 0 spiro atoms. The van der Waals surface area contributed by atoms with Crippen LogP contribution in [0.25, 0.3) is 0 Å². The minimum absolute atomic E-state index is 0.149. The molecule has 1 N–H and O–H groups in total. The third-order valence-electron chi connectivity index (χ3n) is 2.52. The first-order valence-electron chi connectivity index (χ1n) is 4.62. The molecule has 0 aromatic rings. The number of rotatable bonds is 3. The van der Waals surface area contributed by atoms with E-state index in [2.05, 4.69) is 5.32 Å². The van der Waals surface area contributed by atoms with Crippen LogP contribution < -0.4 is 5.32 Å². The van der Waals surface area contributed by atoms with Gasteiger partial charge < -0.3 is 10.2 Å². The first kappa shape index (κ1) is 11.0. The van der Waals surface area contributed by atoms with E-state index in [4.69, 9.17) is 0 Å². The summed E-state index contributed by atoms with van der Waals surface area (Å²) in [6.45, 7) is 2.54. The number of amides is 3. The monoisotopic (exact) mass is 199 g/mol. The van der Waals surface area contributed by atoms with Crippen LogP contribution in [0.3, 0.4) is 0 Å². The van der Waals surface area contributed by atoms with Crippen molar-refractivity contribution in [2.45, 2.75) is 18.9 Å². The van der Waals surface area contributed by atoms with Crippen molar-refractivity contribution in [2.75, 3.05) is 27.7 Å². The summed E-state index contributed by atoms with van der Waals surface area (Å²) >= 11 is 0. The molecule has 1 heterocycles. The Hall–Kier alpha value is -1.10. The molecule has 80 valence electrons. The van der Waals surface area contributed by atoms with E-state index < -0.39 is 5.54 Å². The molecule has 3 amide bonds. The third-order valence-corrected chi connectivity index (χ3v) is 2.52. The summed E-state index contributed by atoms with van der Waals surface area (Å²) in [4.78, 5) is 26.0. The number of imide groups is 1. The summed E-state index contributed by atoms with van der Waals surface area (Å²) in [7, 11) is 5.38. The van der Waals surface area contributed by atoms with Gasteiger partial charge in [0.2, 0.25) is 0 Å². The van der Waals surface area contributed by atoms with Crippen LogP contribution in [0.1, 0.15) is 13.3 Å². The summed E-state index contributed by atoms with van der Waals surface area (Å²) in [6.07, 6.45) is 0.634. The van der Waals surface area contributed by atoms with Gasteiger partial charge in [0.25, 0.3) is 5.91 Å². The SMILES string of the molecule is CN(C)CC[C@@]1(C)NC(=O)N(C)C1=O. The highest BCUT2D eigenvalue weighted by Crippen LogP contribution is 2.19. The lowest BCUT2D eigenvalue weighted by molar-refractivity contribution is -0.130. The molecule has 0 aromatic heterocycles. The van der Waals surface area contributed by atoms with E-state index in [0.29, 0.717) is 6.42 Å². The number of nitrogens with zero attached hydrogens (tertiary/aromatic N) is 2. The molecule has 5 heteroatoms. The van der Waals surface area contributed by atoms with Crippen molar-refractivity contribution in [3.05, 3.63) is 0 Å². The maximum absolute atomic E-state index is 11.7. The predicted octanol–water partition coefficient (Wildman–Crippen LogP) is -0.122. The van der Waals surface area contributed by atoms with E-state index >= 15 is 0 Å². The zero-order valence-corrected chi connectivity index (χ0v) is 9.13. The lowest BCUT2D eigenvalue weighted by atomic mass is 9.98. The number of hydrogen-bond donors (Lipinski definition) is 1. The quantitative estimate of drug-likeness (QED) is 0.645. The lowest BCUT2D eigenvalue weighted by Crippen LogP contribution is -2.45. The Morgan fingerprint density at radius 2 is 2.00 bits per heavy atom. The Bertz CT molecular complexity index is 265. The van der Waals surface area contributed by atoms with Crippen molar-refractivity contribution >= 4 is 11.9 Å². The molecule has 5 nitrogen and oxygen atoms in total. The molecule has 1 rings (SSSR count). The van der Waals surface area contributed by atoms with Crippen LogP contribution in [0.5, 0.6) is 0 Å². The van der Waals surface area contributed by atoms with Gasteiger partial charge in [-0.25, -0.2) is 4.79 Å². The topological polar surface area (TPSA) is 52.7 Å². The van der Waals surface area contributed by atoms with E-state index in [-0.39, 0.29) is 11.9 Å². The van der Waals surface area contributed by atoms with Crippen molar-refractivity contribution in [2.24, 2.45) is 0 Å². The highest BCUT2D eigenvalue weighted by Gasteiger charge is 2.45. The van der Waals surface area contributed by atoms with Crippen molar-refractivity contribution in [3.8, 4) is 0 Å². The Labute approximate surface area is 84.0 Å². The summed E-state index contributed by atoms with van der Waals surface area (Å²) in [5.74, 6) is -0.149. The zero-order valence-electron chi connectivity index (χ0n) is 9.13. The smallest absolute Gasteiger partial charge is 0.323 e. The van der Waals surface area contributed by atoms with Gasteiger partial charge in [-0.3, -0.25) is 9.69 Å². The molecule has 0 aromatic carbocycles. The fraction of sp³-hybridized carbons (Fsp3) is 0.778. The minimum Gasteiger partial charge on any atom is -0.323 e. The number of likely N-dealkylation sites (N-methyl/N-ethyl adjacent to an activating group) is 1. The molecule has 1 saturated heterocycles. The van der Waals surface area contributed by atoms with Gasteiger partial charge in [-0.15, -0.1) is 0 Å². The van der Waals surface area contributed by atoms with Gasteiger partial charge in [-0.1, -0.05) is 0 Å². The molecule has 0 bridgehead atoms. The van der Waals surface area contributed by atoms with Crippen molar-refractivity contribution in [1.82, 2.24) is 15.1 Å². The molecular formula is C9H17N3O2. The van der Waals surface area contributed by atoms with Crippen molar-refractivity contribution in [1.29, 1.82) is 0 Å². The average molecular weight is 199 g/mol. The van der Waals surface area contributed by atoms with E-state index in [1.807, 2.05) is 19.0 Å².